The molecule has 0 aliphatic heterocycles. The molecule has 0 saturated carbocycles. The second kappa shape index (κ2) is 4.55. The van der Waals surface area contributed by atoms with Crippen molar-refractivity contribution < 1.29 is 12.8 Å². The molecule has 0 bridgehead atoms. The molecule has 0 aliphatic rings. The molecule has 0 N–H and O–H groups in total. The van der Waals surface area contributed by atoms with Crippen molar-refractivity contribution in [3.8, 4) is 0 Å². The molecule has 0 fully saturated rings. The molecule has 0 spiro atoms. The first-order valence-electron chi connectivity index (χ1n) is 4.44. The minimum Gasteiger partial charge on any atom is -0.248 e. The SMILES string of the molecule is CC(F)CCS(=O)(=O)c1ccccc1. The summed E-state index contributed by atoms with van der Waals surface area (Å²) in [5.41, 5.74) is 0. The van der Waals surface area contributed by atoms with Crippen LogP contribution in [0.1, 0.15) is 13.3 Å². The number of halogens is 1. The highest BCUT2D eigenvalue weighted by atomic mass is 32.2. The summed E-state index contributed by atoms with van der Waals surface area (Å²) in [4.78, 5) is 0.264. The molecule has 1 unspecified atom stereocenters. The molecule has 78 valence electrons. The monoisotopic (exact) mass is 216 g/mol. The van der Waals surface area contributed by atoms with E-state index in [9.17, 15) is 12.8 Å². The Morgan fingerprint density at radius 1 is 1.29 bits per heavy atom. The van der Waals surface area contributed by atoms with E-state index in [2.05, 4.69) is 0 Å². The van der Waals surface area contributed by atoms with Gasteiger partial charge < -0.3 is 0 Å². The lowest BCUT2D eigenvalue weighted by Gasteiger charge is -2.04. The number of alkyl halides is 1. The van der Waals surface area contributed by atoms with Crippen LogP contribution in [0, 0.1) is 0 Å². The van der Waals surface area contributed by atoms with Gasteiger partial charge in [0, 0.05) is 0 Å². The van der Waals surface area contributed by atoms with Crippen molar-refractivity contribution in [2.24, 2.45) is 0 Å². The largest absolute Gasteiger partial charge is 0.248 e. The summed E-state index contributed by atoms with van der Waals surface area (Å²) in [6.07, 6.45) is -1.02. The van der Waals surface area contributed by atoms with E-state index in [1.807, 2.05) is 0 Å². The summed E-state index contributed by atoms with van der Waals surface area (Å²) in [7, 11) is -3.30. The fraction of sp³-hybridized carbons (Fsp3) is 0.400. The molecule has 1 rings (SSSR count). The third-order valence-electron chi connectivity index (χ3n) is 1.89. The maximum absolute atomic E-state index is 12.5. The van der Waals surface area contributed by atoms with Crippen LogP contribution in [0.3, 0.4) is 0 Å². The minimum absolute atomic E-state index is 0.0528. The fourth-order valence-corrected chi connectivity index (χ4v) is 2.51. The van der Waals surface area contributed by atoms with Crippen LogP contribution in [0.15, 0.2) is 35.2 Å². The third-order valence-corrected chi connectivity index (χ3v) is 3.65. The first-order valence-corrected chi connectivity index (χ1v) is 6.09. The summed E-state index contributed by atoms with van der Waals surface area (Å²) in [5, 5.41) is 0. The van der Waals surface area contributed by atoms with Gasteiger partial charge in [0.25, 0.3) is 0 Å². The van der Waals surface area contributed by atoms with E-state index in [-0.39, 0.29) is 17.1 Å². The third kappa shape index (κ3) is 3.10. The van der Waals surface area contributed by atoms with Gasteiger partial charge in [-0.1, -0.05) is 18.2 Å². The van der Waals surface area contributed by atoms with Crippen molar-refractivity contribution in [1.29, 1.82) is 0 Å². The van der Waals surface area contributed by atoms with Gasteiger partial charge >= 0.3 is 0 Å². The van der Waals surface area contributed by atoms with Gasteiger partial charge in [0.15, 0.2) is 9.84 Å². The lowest BCUT2D eigenvalue weighted by atomic mass is 10.3. The van der Waals surface area contributed by atoms with Crippen LogP contribution >= 0.6 is 0 Å². The summed E-state index contributed by atoms with van der Waals surface area (Å²) < 4.78 is 35.6. The quantitative estimate of drug-likeness (QED) is 0.773. The van der Waals surface area contributed by atoms with Crippen molar-refractivity contribution in [3.63, 3.8) is 0 Å². The molecule has 0 saturated heterocycles. The van der Waals surface area contributed by atoms with E-state index in [0.717, 1.165) is 0 Å². The molecule has 0 aromatic heterocycles. The Labute approximate surface area is 83.7 Å². The predicted molar refractivity (Wildman–Crippen MR) is 53.7 cm³/mol. The summed E-state index contributed by atoms with van der Waals surface area (Å²) >= 11 is 0. The molecule has 1 atom stereocenters. The van der Waals surface area contributed by atoms with E-state index >= 15 is 0 Å². The van der Waals surface area contributed by atoms with Gasteiger partial charge in [0.1, 0.15) is 0 Å². The van der Waals surface area contributed by atoms with Gasteiger partial charge in [-0.15, -0.1) is 0 Å². The topological polar surface area (TPSA) is 34.1 Å². The maximum atomic E-state index is 12.5. The standard InChI is InChI=1S/C10H13FO2S/c1-9(11)7-8-14(12,13)10-5-3-2-4-6-10/h2-6,9H,7-8H2,1H3. The summed E-state index contributed by atoms with van der Waals surface area (Å²) in [6.45, 7) is 1.36. The molecular weight excluding hydrogens is 203 g/mol. The normalized spacial score (nSPS) is 13.9. The highest BCUT2D eigenvalue weighted by Crippen LogP contribution is 2.12. The number of hydrogen-bond acceptors (Lipinski definition) is 2. The average molecular weight is 216 g/mol. The van der Waals surface area contributed by atoms with Crippen LogP contribution in [0.2, 0.25) is 0 Å². The Morgan fingerprint density at radius 2 is 1.86 bits per heavy atom. The maximum Gasteiger partial charge on any atom is 0.178 e. The predicted octanol–water partition coefficient (Wildman–Crippen LogP) is 2.21. The molecular formula is C10H13FO2S. The van der Waals surface area contributed by atoms with Crippen molar-refractivity contribution >= 4 is 9.84 Å². The van der Waals surface area contributed by atoms with Crippen LogP contribution in [-0.4, -0.2) is 20.3 Å². The second-order valence-electron chi connectivity index (χ2n) is 3.20. The summed E-state index contributed by atoms with van der Waals surface area (Å²) in [6, 6.07) is 8.12. The van der Waals surface area contributed by atoms with Gasteiger partial charge in [-0.2, -0.15) is 0 Å². The van der Waals surface area contributed by atoms with E-state index < -0.39 is 16.0 Å². The Bertz CT molecular complexity index is 370. The Balaban J connectivity index is 2.77. The van der Waals surface area contributed by atoms with Gasteiger partial charge in [0.2, 0.25) is 0 Å². The molecule has 0 amide bonds. The lowest BCUT2D eigenvalue weighted by Crippen LogP contribution is -2.10. The van der Waals surface area contributed by atoms with E-state index in [4.69, 9.17) is 0 Å². The van der Waals surface area contributed by atoms with Gasteiger partial charge in [0.05, 0.1) is 16.8 Å². The Kier molecular flexibility index (Phi) is 3.63. The van der Waals surface area contributed by atoms with Crippen molar-refractivity contribution in [1.82, 2.24) is 0 Å². The molecule has 4 heteroatoms. The van der Waals surface area contributed by atoms with E-state index in [1.54, 1.807) is 18.2 Å². The van der Waals surface area contributed by atoms with E-state index in [0.29, 0.717) is 0 Å². The van der Waals surface area contributed by atoms with Crippen LogP contribution in [0.25, 0.3) is 0 Å². The zero-order chi connectivity index (χ0) is 10.6. The smallest absolute Gasteiger partial charge is 0.178 e. The van der Waals surface area contributed by atoms with Gasteiger partial charge in [-0.05, 0) is 25.5 Å². The van der Waals surface area contributed by atoms with Crippen molar-refractivity contribution in [2.45, 2.75) is 24.4 Å². The number of rotatable bonds is 4. The van der Waals surface area contributed by atoms with Crippen molar-refractivity contribution in [2.75, 3.05) is 5.75 Å². The molecule has 14 heavy (non-hydrogen) atoms. The average Bonchev–Trinajstić information content (AvgIpc) is 2.16. The van der Waals surface area contributed by atoms with Gasteiger partial charge in [-0.3, -0.25) is 0 Å². The highest BCUT2D eigenvalue weighted by molar-refractivity contribution is 7.91. The van der Waals surface area contributed by atoms with Gasteiger partial charge in [-0.25, -0.2) is 12.8 Å². The number of benzene rings is 1. The molecule has 0 heterocycles. The van der Waals surface area contributed by atoms with Crippen LogP contribution in [-0.2, 0) is 9.84 Å². The Hall–Kier alpha value is -0.900. The van der Waals surface area contributed by atoms with Crippen LogP contribution in [0.5, 0.6) is 0 Å². The Morgan fingerprint density at radius 3 is 2.36 bits per heavy atom. The molecule has 0 aliphatic carbocycles. The number of sulfone groups is 1. The molecule has 1 aromatic rings. The van der Waals surface area contributed by atoms with E-state index in [1.165, 1.54) is 19.1 Å². The van der Waals surface area contributed by atoms with Crippen LogP contribution < -0.4 is 0 Å². The zero-order valence-electron chi connectivity index (χ0n) is 7.98. The highest BCUT2D eigenvalue weighted by Gasteiger charge is 2.14. The zero-order valence-corrected chi connectivity index (χ0v) is 8.80. The van der Waals surface area contributed by atoms with Crippen LogP contribution in [0.4, 0.5) is 4.39 Å². The molecule has 2 nitrogen and oxygen atoms in total. The first-order chi connectivity index (χ1) is 6.52. The number of hydrogen-bond donors (Lipinski definition) is 0. The molecule has 0 radical (unpaired) electrons. The lowest BCUT2D eigenvalue weighted by molar-refractivity contribution is 0.352. The fourth-order valence-electron chi connectivity index (χ4n) is 1.06. The molecule has 1 aromatic carbocycles. The minimum atomic E-state index is -3.30. The van der Waals surface area contributed by atoms with Crippen molar-refractivity contribution in [3.05, 3.63) is 30.3 Å². The first kappa shape index (κ1) is 11.2. The summed E-state index contributed by atoms with van der Waals surface area (Å²) in [5.74, 6) is -0.130. The second-order valence-corrected chi connectivity index (χ2v) is 5.31.